The van der Waals surface area contributed by atoms with Crippen molar-refractivity contribution in [3.05, 3.63) is 24.7 Å². The summed E-state index contributed by atoms with van der Waals surface area (Å²) >= 11 is 0. The van der Waals surface area contributed by atoms with Gasteiger partial charge in [0.2, 0.25) is 5.95 Å². The van der Waals surface area contributed by atoms with E-state index < -0.39 is 0 Å². The second-order valence-electron chi connectivity index (χ2n) is 2.14. The third kappa shape index (κ3) is 1.12. The van der Waals surface area contributed by atoms with E-state index >= 15 is 0 Å². The van der Waals surface area contributed by atoms with Crippen LogP contribution in [-0.2, 0) is 0 Å². The largest absolute Gasteiger partial charge is 0.461 e. The Hall–Kier alpha value is -1.91. The number of anilines is 1. The predicted molar refractivity (Wildman–Crippen MR) is 41.9 cm³/mol. The summed E-state index contributed by atoms with van der Waals surface area (Å²) < 4.78 is 5.07. The zero-order chi connectivity index (χ0) is 8.39. The molecule has 2 aromatic heterocycles. The molecule has 0 bridgehead atoms. The molecule has 5 nitrogen and oxygen atoms in total. The van der Waals surface area contributed by atoms with Crippen LogP contribution in [0.15, 0.2) is 29.1 Å². The molecule has 0 aliphatic heterocycles. The van der Waals surface area contributed by atoms with Crippen molar-refractivity contribution in [3.63, 3.8) is 0 Å². The first kappa shape index (κ1) is 6.78. The molecule has 0 saturated heterocycles. The molecule has 2 aromatic rings. The normalized spacial score (nSPS) is 10.0. The molecule has 0 radical (unpaired) electrons. The molecular formula is C7H6N4O. The Bertz CT molecular complexity index is 371. The third-order valence-electron chi connectivity index (χ3n) is 1.33. The molecule has 0 aliphatic rings. The Labute approximate surface area is 68.3 Å². The fourth-order valence-corrected chi connectivity index (χ4v) is 0.833. The molecule has 0 amide bonds. The maximum absolute atomic E-state index is 5.36. The number of furan rings is 1. The van der Waals surface area contributed by atoms with Crippen molar-refractivity contribution in [2.24, 2.45) is 0 Å². The van der Waals surface area contributed by atoms with Gasteiger partial charge in [0.1, 0.15) is 6.33 Å². The van der Waals surface area contributed by atoms with Crippen molar-refractivity contribution in [1.82, 2.24) is 15.0 Å². The number of nitrogens with zero attached hydrogens (tertiary/aromatic N) is 3. The Morgan fingerprint density at radius 1 is 1.33 bits per heavy atom. The van der Waals surface area contributed by atoms with Gasteiger partial charge in [-0.15, -0.1) is 0 Å². The third-order valence-corrected chi connectivity index (χ3v) is 1.33. The Morgan fingerprint density at radius 2 is 2.25 bits per heavy atom. The molecule has 0 unspecified atom stereocenters. The Kier molecular flexibility index (Phi) is 1.48. The van der Waals surface area contributed by atoms with E-state index in [1.807, 2.05) is 0 Å². The summed E-state index contributed by atoms with van der Waals surface area (Å²) in [6.45, 7) is 0. The molecule has 5 heteroatoms. The van der Waals surface area contributed by atoms with Crippen molar-refractivity contribution in [2.45, 2.75) is 0 Å². The predicted octanol–water partition coefficient (Wildman–Crippen LogP) is 0.714. The summed E-state index contributed by atoms with van der Waals surface area (Å²) in [5.74, 6) is 1.23. The fourth-order valence-electron chi connectivity index (χ4n) is 0.833. The van der Waals surface area contributed by atoms with E-state index in [1.165, 1.54) is 6.33 Å². The van der Waals surface area contributed by atoms with Crippen LogP contribution in [0.4, 0.5) is 5.95 Å². The van der Waals surface area contributed by atoms with E-state index in [0.29, 0.717) is 11.6 Å². The lowest BCUT2D eigenvalue weighted by atomic mass is 10.4. The van der Waals surface area contributed by atoms with E-state index in [1.54, 1.807) is 18.4 Å². The van der Waals surface area contributed by atoms with E-state index in [-0.39, 0.29) is 5.95 Å². The molecule has 0 saturated carbocycles. The number of rotatable bonds is 1. The van der Waals surface area contributed by atoms with E-state index in [2.05, 4.69) is 15.0 Å². The summed E-state index contributed by atoms with van der Waals surface area (Å²) in [7, 11) is 0. The zero-order valence-electron chi connectivity index (χ0n) is 6.14. The van der Waals surface area contributed by atoms with Crippen molar-refractivity contribution in [1.29, 1.82) is 0 Å². The van der Waals surface area contributed by atoms with Crippen LogP contribution in [0.5, 0.6) is 0 Å². The zero-order valence-corrected chi connectivity index (χ0v) is 6.14. The molecule has 12 heavy (non-hydrogen) atoms. The van der Waals surface area contributed by atoms with Crippen molar-refractivity contribution in [2.75, 3.05) is 5.73 Å². The number of hydrogen-bond donors (Lipinski definition) is 1. The average molecular weight is 162 g/mol. The highest BCUT2D eigenvalue weighted by Crippen LogP contribution is 2.13. The number of hydrogen-bond acceptors (Lipinski definition) is 5. The van der Waals surface area contributed by atoms with Crippen LogP contribution < -0.4 is 5.73 Å². The van der Waals surface area contributed by atoms with E-state index in [0.717, 1.165) is 0 Å². The standard InChI is InChI=1S/C7H6N4O/c8-7-10-4-9-6(11-7)5-2-1-3-12-5/h1-4H,(H2,8,9,10,11). The first-order chi connectivity index (χ1) is 5.86. The van der Waals surface area contributed by atoms with Crippen LogP contribution >= 0.6 is 0 Å². The fraction of sp³-hybridized carbons (Fsp3) is 0. The Balaban J connectivity index is 2.48. The highest BCUT2D eigenvalue weighted by molar-refractivity contribution is 5.46. The van der Waals surface area contributed by atoms with Crippen molar-refractivity contribution >= 4 is 5.95 Å². The first-order valence-electron chi connectivity index (χ1n) is 3.34. The molecule has 60 valence electrons. The molecule has 0 spiro atoms. The maximum Gasteiger partial charge on any atom is 0.223 e. The van der Waals surface area contributed by atoms with Crippen LogP contribution in [0.2, 0.25) is 0 Å². The summed E-state index contributed by atoms with van der Waals surface area (Å²) in [6.07, 6.45) is 2.90. The molecule has 0 aliphatic carbocycles. The highest BCUT2D eigenvalue weighted by Gasteiger charge is 2.03. The first-order valence-corrected chi connectivity index (χ1v) is 3.34. The minimum absolute atomic E-state index is 0.191. The summed E-state index contributed by atoms with van der Waals surface area (Å²) in [5.41, 5.74) is 5.36. The van der Waals surface area contributed by atoms with Gasteiger partial charge in [-0.2, -0.15) is 4.98 Å². The lowest BCUT2D eigenvalue weighted by Crippen LogP contribution is -1.97. The van der Waals surface area contributed by atoms with Crippen molar-refractivity contribution < 1.29 is 4.42 Å². The quantitative estimate of drug-likeness (QED) is 0.668. The van der Waals surface area contributed by atoms with Gasteiger partial charge in [0.05, 0.1) is 6.26 Å². The average Bonchev–Trinajstić information content (AvgIpc) is 2.56. The van der Waals surface area contributed by atoms with Crippen LogP contribution in [0.3, 0.4) is 0 Å². The molecule has 2 rings (SSSR count). The maximum atomic E-state index is 5.36. The SMILES string of the molecule is Nc1ncnc(-c2ccco2)n1. The molecule has 2 heterocycles. The lowest BCUT2D eigenvalue weighted by Gasteiger charge is -1.93. The van der Waals surface area contributed by atoms with Gasteiger partial charge in [0.15, 0.2) is 11.6 Å². The number of nitrogens with two attached hydrogens (primary N) is 1. The van der Waals surface area contributed by atoms with Crippen molar-refractivity contribution in [3.8, 4) is 11.6 Å². The lowest BCUT2D eigenvalue weighted by molar-refractivity contribution is 0.577. The molecule has 0 fully saturated rings. The highest BCUT2D eigenvalue weighted by atomic mass is 16.3. The van der Waals surface area contributed by atoms with Crippen LogP contribution in [0, 0.1) is 0 Å². The van der Waals surface area contributed by atoms with Gasteiger partial charge in [-0.3, -0.25) is 0 Å². The van der Waals surface area contributed by atoms with Gasteiger partial charge in [-0.05, 0) is 12.1 Å². The minimum atomic E-state index is 0.191. The van der Waals surface area contributed by atoms with Crippen LogP contribution in [0.1, 0.15) is 0 Å². The van der Waals surface area contributed by atoms with Gasteiger partial charge < -0.3 is 10.2 Å². The van der Waals surface area contributed by atoms with E-state index in [4.69, 9.17) is 10.2 Å². The summed E-state index contributed by atoms with van der Waals surface area (Å²) in [6, 6.07) is 3.52. The van der Waals surface area contributed by atoms with Crippen LogP contribution in [0.25, 0.3) is 11.6 Å². The van der Waals surface area contributed by atoms with Gasteiger partial charge in [-0.25, -0.2) is 9.97 Å². The van der Waals surface area contributed by atoms with Gasteiger partial charge in [0, 0.05) is 0 Å². The van der Waals surface area contributed by atoms with Crippen LogP contribution in [-0.4, -0.2) is 15.0 Å². The van der Waals surface area contributed by atoms with Gasteiger partial charge >= 0.3 is 0 Å². The van der Waals surface area contributed by atoms with Gasteiger partial charge in [-0.1, -0.05) is 0 Å². The molecule has 0 atom stereocenters. The topological polar surface area (TPSA) is 77.8 Å². The van der Waals surface area contributed by atoms with Gasteiger partial charge in [0.25, 0.3) is 0 Å². The number of aromatic nitrogens is 3. The van der Waals surface area contributed by atoms with E-state index in [9.17, 15) is 0 Å². The molecular weight excluding hydrogens is 156 g/mol. The molecule has 2 N–H and O–H groups in total. The Morgan fingerprint density at radius 3 is 2.92 bits per heavy atom. The minimum Gasteiger partial charge on any atom is -0.461 e. The second-order valence-corrected chi connectivity index (χ2v) is 2.14. The summed E-state index contributed by atoms with van der Waals surface area (Å²) in [4.78, 5) is 11.4. The monoisotopic (exact) mass is 162 g/mol. The smallest absolute Gasteiger partial charge is 0.223 e. The number of nitrogen functional groups attached to an aromatic ring is 1. The summed E-state index contributed by atoms with van der Waals surface area (Å²) in [5, 5.41) is 0. The second kappa shape index (κ2) is 2.61. The molecule has 0 aromatic carbocycles.